The van der Waals surface area contributed by atoms with Crippen molar-refractivity contribution in [2.24, 2.45) is 5.92 Å². The van der Waals surface area contributed by atoms with Crippen LogP contribution in [0.3, 0.4) is 0 Å². The van der Waals surface area contributed by atoms with Gasteiger partial charge in [-0.1, -0.05) is 36.8 Å². The van der Waals surface area contributed by atoms with Gasteiger partial charge in [-0.05, 0) is 82.0 Å². The first-order chi connectivity index (χ1) is 31.2. The van der Waals surface area contributed by atoms with Crippen LogP contribution in [0.1, 0.15) is 69.7 Å². The van der Waals surface area contributed by atoms with Crippen LogP contribution in [0.5, 0.6) is 11.5 Å². The number of benzene rings is 3. The van der Waals surface area contributed by atoms with E-state index in [0.29, 0.717) is 51.7 Å². The summed E-state index contributed by atoms with van der Waals surface area (Å²) in [5, 5.41) is 15.5. The molecular formula is C47H52N8O8S2. The maximum absolute atomic E-state index is 14.8. The molecule has 2 aliphatic heterocycles. The summed E-state index contributed by atoms with van der Waals surface area (Å²) in [4.78, 5) is 66.6. The first kappa shape index (κ1) is 45.1. The van der Waals surface area contributed by atoms with Crippen LogP contribution in [-0.2, 0) is 24.4 Å². The van der Waals surface area contributed by atoms with Crippen LogP contribution in [0, 0.1) is 5.92 Å². The Morgan fingerprint density at radius 3 is 2.62 bits per heavy atom. The molecule has 1 saturated carbocycles. The molecule has 3 aliphatic rings. The number of hydrogen-bond acceptors (Lipinski definition) is 13. The molecule has 3 aromatic carbocycles. The average Bonchev–Trinajstić information content (AvgIpc) is 3.53. The highest BCUT2D eigenvalue weighted by Crippen LogP contribution is 2.46. The number of likely N-dealkylation sites (tertiary alicyclic amines) is 1. The summed E-state index contributed by atoms with van der Waals surface area (Å²) in [6.07, 6.45) is 6.63. The molecule has 340 valence electrons. The Balaban J connectivity index is 1.13. The quantitative estimate of drug-likeness (QED) is 0.0924. The zero-order chi connectivity index (χ0) is 45.9. The summed E-state index contributed by atoms with van der Waals surface area (Å²) in [5.74, 6) is -1.84. The van der Waals surface area contributed by atoms with Gasteiger partial charge >= 0.3 is 0 Å². The van der Waals surface area contributed by atoms with Crippen molar-refractivity contribution in [1.29, 1.82) is 0 Å². The molecular weight excluding hydrogens is 869 g/mol. The van der Waals surface area contributed by atoms with E-state index < -0.39 is 51.3 Å². The smallest absolute Gasteiger partial charge is 0.266 e. The van der Waals surface area contributed by atoms with Crippen LogP contribution < -0.4 is 35.5 Å². The number of aromatic nitrogens is 2. The molecule has 0 spiro atoms. The number of hydrogen-bond donors (Lipinski definition) is 5. The summed E-state index contributed by atoms with van der Waals surface area (Å²) in [5.41, 5.74) is 1.10. The summed E-state index contributed by atoms with van der Waals surface area (Å²) in [7, 11) is -2.82. The number of nitrogens with one attached hydrogen (secondary N) is 5. The molecule has 1 saturated heterocycles. The van der Waals surface area contributed by atoms with Crippen molar-refractivity contribution in [1.82, 2.24) is 24.9 Å². The number of para-hydroxylation sites is 1. The van der Waals surface area contributed by atoms with Gasteiger partial charge in [-0.3, -0.25) is 19.2 Å². The van der Waals surface area contributed by atoms with Crippen LogP contribution in [0.2, 0.25) is 0 Å². The minimum Gasteiger partial charge on any atom is -0.497 e. The lowest BCUT2D eigenvalue weighted by Gasteiger charge is -2.26. The molecule has 5 aromatic rings. The van der Waals surface area contributed by atoms with E-state index in [-0.39, 0.29) is 41.8 Å². The first-order valence-corrected chi connectivity index (χ1v) is 24.0. The van der Waals surface area contributed by atoms with Gasteiger partial charge < -0.3 is 35.6 Å². The standard InChI is InChI=1S/C47H52N8O8S2/c1-28(2)49-46-52-39(27-64-46)38-24-41(35-19-18-33(62-4)22-37(35)51-38)63-34-23-40(55(26-34)44(58)30-13-12-15-32(21-30)50-29(3)56)43(57)53-47-25-31(47)14-8-6-5-7-11-20-48-36-16-9-10-17-42(36)65(60,61)54-45(47)59/h8-10,12-19,21-22,24,27-28,31,34,40,48H,5-7,11,20,23,25-26H2,1-4H3,(H,49,52)(H,50,56)(H,53,57)(H,54,59)/b14-8-/t31-,34-,40+,47-/m1/s1. The molecule has 8 rings (SSSR count). The number of allylic oxidation sites excluding steroid dienone is 1. The summed E-state index contributed by atoms with van der Waals surface area (Å²) in [6, 6.07) is 19.0. The number of thiazole rings is 1. The number of rotatable bonds is 10. The lowest BCUT2D eigenvalue weighted by molar-refractivity contribution is -0.131. The third-order valence-electron chi connectivity index (χ3n) is 11.6. The van der Waals surface area contributed by atoms with Crippen molar-refractivity contribution in [2.75, 3.05) is 36.1 Å². The Bertz CT molecular complexity index is 2780. The second kappa shape index (κ2) is 18.9. The Kier molecular flexibility index (Phi) is 13.1. The predicted octanol–water partition coefficient (Wildman–Crippen LogP) is 6.73. The van der Waals surface area contributed by atoms with Gasteiger partial charge in [0.05, 0.1) is 30.6 Å². The number of fused-ring (bicyclic) bond motifs is 3. The third-order valence-corrected chi connectivity index (χ3v) is 13.8. The number of amides is 4. The fourth-order valence-electron chi connectivity index (χ4n) is 8.32. The zero-order valence-corrected chi connectivity index (χ0v) is 38.2. The molecule has 1 aliphatic carbocycles. The fraction of sp³-hybridized carbons (Fsp3) is 0.362. The van der Waals surface area contributed by atoms with Crippen LogP contribution in [0.15, 0.2) is 95.2 Å². The largest absolute Gasteiger partial charge is 0.497 e. The van der Waals surface area contributed by atoms with Gasteiger partial charge in [-0.2, -0.15) is 0 Å². The predicted molar refractivity (Wildman–Crippen MR) is 250 cm³/mol. The van der Waals surface area contributed by atoms with Crippen molar-refractivity contribution >= 4 is 72.4 Å². The van der Waals surface area contributed by atoms with Crippen molar-refractivity contribution in [3.8, 4) is 22.9 Å². The van der Waals surface area contributed by atoms with Crippen molar-refractivity contribution in [2.45, 2.75) is 87.9 Å². The van der Waals surface area contributed by atoms with E-state index in [1.807, 2.05) is 37.4 Å². The fourth-order valence-corrected chi connectivity index (χ4v) is 10.4. The van der Waals surface area contributed by atoms with Gasteiger partial charge in [0.25, 0.3) is 21.8 Å². The van der Waals surface area contributed by atoms with Crippen molar-refractivity contribution in [3.63, 3.8) is 0 Å². The summed E-state index contributed by atoms with van der Waals surface area (Å²) >= 11 is 1.45. The minimum atomic E-state index is -4.39. The Morgan fingerprint density at radius 1 is 0.985 bits per heavy atom. The molecule has 4 atom stereocenters. The van der Waals surface area contributed by atoms with E-state index in [0.717, 1.165) is 30.8 Å². The van der Waals surface area contributed by atoms with E-state index in [4.69, 9.17) is 19.4 Å². The monoisotopic (exact) mass is 920 g/mol. The number of carbonyl (C=O) groups excluding carboxylic acids is 4. The summed E-state index contributed by atoms with van der Waals surface area (Å²) in [6.45, 7) is 5.94. The molecule has 4 heterocycles. The average molecular weight is 921 g/mol. The van der Waals surface area contributed by atoms with Gasteiger partial charge in [-0.15, -0.1) is 11.3 Å². The van der Waals surface area contributed by atoms with Gasteiger partial charge in [0.1, 0.15) is 39.8 Å². The molecule has 4 amide bonds. The SMILES string of the molecule is COc1ccc2c(O[C@@H]3C[C@@H](C(=O)N[C@]45C[C@H]4/C=C\CCCCCNc4ccccc4S(=O)(=O)NC5=O)N(C(=O)c4cccc(NC(C)=O)c4)C3)cc(-c3csc(NC(C)C)n3)nc2c1. The number of ether oxygens (including phenoxy) is 2. The Hall–Kier alpha value is -6.53. The first-order valence-electron chi connectivity index (χ1n) is 21.7. The normalized spacial score (nSPS) is 22.2. The molecule has 2 aromatic heterocycles. The summed E-state index contributed by atoms with van der Waals surface area (Å²) < 4.78 is 42.3. The highest BCUT2D eigenvalue weighted by atomic mass is 32.2. The van der Waals surface area contributed by atoms with E-state index in [2.05, 4.69) is 26.0 Å². The van der Waals surface area contributed by atoms with Crippen LogP contribution in [0.4, 0.5) is 16.5 Å². The van der Waals surface area contributed by atoms with E-state index in [1.165, 1.54) is 35.3 Å². The number of carbonyl (C=O) groups is 4. The van der Waals surface area contributed by atoms with Gasteiger partial charge in [-0.25, -0.2) is 23.1 Å². The minimum absolute atomic E-state index is 0.0208. The highest BCUT2D eigenvalue weighted by molar-refractivity contribution is 7.90. The highest BCUT2D eigenvalue weighted by Gasteiger charge is 2.61. The maximum atomic E-state index is 14.8. The molecule has 2 fully saturated rings. The van der Waals surface area contributed by atoms with Crippen LogP contribution in [-0.4, -0.2) is 90.8 Å². The third kappa shape index (κ3) is 10.1. The lowest BCUT2D eigenvalue weighted by Crippen LogP contribution is -2.56. The number of nitrogens with zero attached hydrogens (tertiary/aromatic N) is 3. The van der Waals surface area contributed by atoms with Gasteiger partial charge in [0, 0.05) is 66.0 Å². The number of anilines is 3. The van der Waals surface area contributed by atoms with E-state index >= 15 is 0 Å². The maximum Gasteiger partial charge on any atom is 0.266 e. The number of pyridine rings is 1. The molecule has 0 bridgehead atoms. The topological polar surface area (TPSA) is 210 Å². The second-order valence-corrected chi connectivity index (χ2v) is 19.4. The van der Waals surface area contributed by atoms with Crippen LogP contribution >= 0.6 is 11.3 Å². The molecule has 0 unspecified atom stereocenters. The zero-order valence-electron chi connectivity index (χ0n) is 36.6. The Labute approximate surface area is 381 Å². The molecule has 0 radical (unpaired) electrons. The second-order valence-electron chi connectivity index (χ2n) is 16.8. The van der Waals surface area contributed by atoms with Gasteiger partial charge in [0.15, 0.2) is 5.13 Å². The van der Waals surface area contributed by atoms with E-state index in [9.17, 15) is 27.6 Å². The van der Waals surface area contributed by atoms with Gasteiger partial charge in [0.2, 0.25) is 11.8 Å². The Morgan fingerprint density at radius 2 is 1.82 bits per heavy atom. The number of sulfonamides is 1. The van der Waals surface area contributed by atoms with Crippen molar-refractivity contribution in [3.05, 3.63) is 95.9 Å². The molecule has 65 heavy (non-hydrogen) atoms. The lowest BCUT2D eigenvalue weighted by atomic mass is 10.1. The van der Waals surface area contributed by atoms with Crippen LogP contribution in [0.25, 0.3) is 22.3 Å². The van der Waals surface area contributed by atoms with Crippen molar-refractivity contribution < 1.29 is 37.1 Å². The molecule has 5 N–H and O–H groups in total. The number of methoxy groups -OCH3 is 1. The molecule has 16 nitrogen and oxygen atoms in total. The van der Waals surface area contributed by atoms with E-state index in [1.54, 1.807) is 61.7 Å². The molecule has 18 heteroatoms.